The smallest absolute Gasteiger partial charge is 0.0458 e. The molecule has 1 heterocycles. The summed E-state index contributed by atoms with van der Waals surface area (Å²) in [5.74, 6) is -0.0874. The number of thiophene rings is 1. The van der Waals surface area contributed by atoms with Gasteiger partial charge in [-0.15, -0.1) is 11.3 Å². The lowest BCUT2D eigenvalue weighted by Crippen LogP contribution is -2.10. The standard InChI is InChI=1S/C45H34S/c1-7-20-34(21-8-1)41(35-22-9-2-10-23-35)43(38-28-15-5-16-29-38)45(40-32-19-33-46-40)44(39-30-17-6-18-31-39)42(36-24-11-3-12-25-36)37-26-13-4-14-27-37/h1-33,45H. The second-order valence-corrected chi connectivity index (χ2v) is 12.2. The summed E-state index contributed by atoms with van der Waals surface area (Å²) < 4.78 is 0. The van der Waals surface area contributed by atoms with Gasteiger partial charge in [0, 0.05) is 10.8 Å². The molecule has 220 valence electrons. The minimum atomic E-state index is -0.0874. The van der Waals surface area contributed by atoms with E-state index in [0.717, 1.165) is 0 Å². The summed E-state index contributed by atoms with van der Waals surface area (Å²) in [6, 6.07) is 70.0. The van der Waals surface area contributed by atoms with Crippen LogP contribution in [0.1, 0.15) is 44.2 Å². The largest absolute Gasteiger partial charge is 0.148 e. The Morgan fingerprint density at radius 1 is 0.304 bits per heavy atom. The number of allylic oxidation sites excluding steroid dienone is 2. The Kier molecular flexibility index (Phi) is 8.94. The van der Waals surface area contributed by atoms with Crippen LogP contribution in [0.5, 0.6) is 0 Å². The molecule has 0 unspecified atom stereocenters. The Labute approximate surface area is 276 Å². The number of benzene rings is 6. The van der Waals surface area contributed by atoms with Gasteiger partial charge in [0.25, 0.3) is 0 Å². The van der Waals surface area contributed by atoms with Gasteiger partial charge in [0.2, 0.25) is 0 Å². The summed E-state index contributed by atoms with van der Waals surface area (Å²) >= 11 is 1.82. The molecule has 0 radical (unpaired) electrons. The molecule has 0 saturated heterocycles. The predicted octanol–water partition coefficient (Wildman–Crippen LogP) is 12.2. The molecule has 1 aromatic heterocycles. The second kappa shape index (κ2) is 14.1. The first-order valence-electron chi connectivity index (χ1n) is 15.7. The number of hydrogen-bond acceptors (Lipinski definition) is 1. The van der Waals surface area contributed by atoms with Crippen molar-refractivity contribution >= 4 is 33.6 Å². The molecular formula is C45H34S. The van der Waals surface area contributed by atoms with Crippen molar-refractivity contribution in [3.8, 4) is 0 Å². The van der Waals surface area contributed by atoms with Gasteiger partial charge in [0.15, 0.2) is 0 Å². The highest BCUT2D eigenvalue weighted by molar-refractivity contribution is 7.10. The molecule has 0 N–H and O–H groups in total. The first-order chi connectivity index (χ1) is 22.9. The van der Waals surface area contributed by atoms with Crippen LogP contribution in [0.4, 0.5) is 0 Å². The zero-order chi connectivity index (χ0) is 31.0. The van der Waals surface area contributed by atoms with E-state index in [-0.39, 0.29) is 5.92 Å². The fourth-order valence-corrected chi connectivity index (χ4v) is 7.25. The summed E-state index contributed by atoms with van der Waals surface area (Å²) in [4.78, 5) is 1.30. The lowest BCUT2D eigenvalue weighted by molar-refractivity contribution is 1.16. The summed E-state index contributed by atoms with van der Waals surface area (Å²) in [6.45, 7) is 0. The van der Waals surface area contributed by atoms with E-state index in [0.29, 0.717) is 0 Å². The van der Waals surface area contributed by atoms with E-state index in [4.69, 9.17) is 0 Å². The van der Waals surface area contributed by atoms with Crippen LogP contribution in [-0.4, -0.2) is 0 Å². The highest BCUT2D eigenvalue weighted by Gasteiger charge is 2.31. The lowest BCUT2D eigenvalue weighted by Gasteiger charge is -2.30. The number of hydrogen-bond donors (Lipinski definition) is 0. The first kappa shape index (κ1) is 29.2. The highest BCUT2D eigenvalue weighted by Crippen LogP contribution is 2.52. The maximum Gasteiger partial charge on any atom is 0.0458 e. The zero-order valence-corrected chi connectivity index (χ0v) is 26.4. The molecule has 0 aliphatic heterocycles. The van der Waals surface area contributed by atoms with Crippen molar-refractivity contribution in [2.45, 2.75) is 5.92 Å². The van der Waals surface area contributed by atoms with Gasteiger partial charge in [-0.1, -0.05) is 188 Å². The van der Waals surface area contributed by atoms with Crippen molar-refractivity contribution in [2.75, 3.05) is 0 Å². The van der Waals surface area contributed by atoms with E-state index < -0.39 is 0 Å². The van der Waals surface area contributed by atoms with E-state index in [1.807, 2.05) is 11.3 Å². The van der Waals surface area contributed by atoms with Crippen LogP contribution in [0.2, 0.25) is 0 Å². The van der Waals surface area contributed by atoms with Gasteiger partial charge < -0.3 is 0 Å². The third-order valence-electron chi connectivity index (χ3n) is 8.36. The van der Waals surface area contributed by atoms with E-state index in [9.17, 15) is 0 Å². The van der Waals surface area contributed by atoms with Crippen molar-refractivity contribution in [1.29, 1.82) is 0 Å². The van der Waals surface area contributed by atoms with Crippen molar-refractivity contribution in [1.82, 2.24) is 0 Å². The molecule has 0 aliphatic rings. The van der Waals surface area contributed by atoms with E-state index >= 15 is 0 Å². The Morgan fingerprint density at radius 3 is 0.848 bits per heavy atom. The second-order valence-electron chi connectivity index (χ2n) is 11.2. The molecule has 0 aliphatic carbocycles. The molecule has 0 amide bonds. The minimum absolute atomic E-state index is 0.0874. The van der Waals surface area contributed by atoms with Gasteiger partial charge in [0.05, 0.1) is 0 Å². The van der Waals surface area contributed by atoms with Crippen LogP contribution in [0.25, 0.3) is 22.3 Å². The monoisotopic (exact) mass is 606 g/mol. The third-order valence-corrected chi connectivity index (χ3v) is 9.30. The van der Waals surface area contributed by atoms with Crippen LogP contribution in [0.15, 0.2) is 200 Å². The van der Waals surface area contributed by atoms with Gasteiger partial charge in [-0.3, -0.25) is 0 Å². The topological polar surface area (TPSA) is 0 Å². The summed E-state index contributed by atoms with van der Waals surface area (Å²) in [5.41, 5.74) is 12.2. The quantitative estimate of drug-likeness (QED) is 0.143. The SMILES string of the molecule is c1ccc(C(=C(c2ccccc2)C(C(=C(c2ccccc2)c2ccccc2)c2ccccc2)c2cccs2)c2ccccc2)cc1. The highest BCUT2D eigenvalue weighted by atomic mass is 32.1. The van der Waals surface area contributed by atoms with Crippen LogP contribution < -0.4 is 0 Å². The molecule has 7 aromatic rings. The predicted molar refractivity (Wildman–Crippen MR) is 198 cm³/mol. The molecule has 0 saturated carbocycles. The molecule has 0 spiro atoms. The molecule has 0 bridgehead atoms. The van der Waals surface area contributed by atoms with Crippen molar-refractivity contribution in [3.05, 3.63) is 238 Å². The Balaban J connectivity index is 1.70. The first-order valence-corrected chi connectivity index (χ1v) is 16.6. The molecular weight excluding hydrogens is 573 g/mol. The van der Waals surface area contributed by atoms with Crippen molar-refractivity contribution < 1.29 is 0 Å². The molecule has 0 fully saturated rings. The summed E-state index contributed by atoms with van der Waals surface area (Å²) in [6.07, 6.45) is 0. The van der Waals surface area contributed by atoms with Crippen LogP contribution in [0, 0.1) is 0 Å². The van der Waals surface area contributed by atoms with Gasteiger partial charge in [-0.2, -0.15) is 0 Å². The number of rotatable bonds is 9. The Hall–Kier alpha value is -5.50. The Bertz CT molecular complexity index is 1810. The minimum Gasteiger partial charge on any atom is -0.148 e. The van der Waals surface area contributed by atoms with Crippen LogP contribution in [-0.2, 0) is 0 Å². The summed E-state index contributed by atoms with van der Waals surface area (Å²) in [5, 5.41) is 2.21. The fraction of sp³-hybridized carbons (Fsp3) is 0.0222. The normalized spacial score (nSPS) is 10.8. The molecule has 46 heavy (non-hydrogen) atoms. The maximum atomic E-state index is 2.31. The third kappa shape index (κ3) is 6.19. The van der Waals surface area contributed by atoms with Gasteiger partial charge >= 0.3 is 0 Å². The van der Waals surface area contributed by atoms with Crippen molar-refractivity contribution in [3.63, 3.8) is 0 Å². The molecule has 7 rings (SSSR count). The Morgan fingerprint density at radius 2 is 0.587 bits per heavy atom. The molecule has 1 heteroatoms. The van der Waals surface area contributed by atoms with E-state index in [1.54, 1.807) is 0 Å². The van der Waals surface area contributed by atoms with E-state index in [2.05, 4.69) is 200 Å². The van der Waals surface area contributed by atoms with Crippen molar-refractivity contribution in [2.24, 2.45) is 0 Å². The lowest BCUT2D eigenvalue weighted by atomic mass is 9.74. The average Bonchev–Trinajstić information content (AvgIpc) is 3.68. The molecule has 0 nitrogen and oxygen atoms in total. The van der Waals surface area contributed by atoms with Crippen LogP contribution in [0.3, 0.4) is 0 Å². The zero-order valence-electron chi connectivity index (χ0n) is 25.5. The molecule has 0 atom stereocenters. The van der Waals surface area contributed by atoms with Gasteiger partial charge in [-0.05, 0) is 67.1 Å². The van der Waals surface area contributed by atoms with Gasteiger partial charge in [0.1, 0.15) is 0 Å². The van der Waals surface area contributed by atoms with E-state index in [1.165, 1.54) is 60.6 Å². The summed E-state index contributed by atoms with van der Waals surface area (Å²) in [7, 11) is 0. The maximum absolute atomic E-state index is 2.31. The molecule has 6 aromatic carbocycles. The fourth-order valence-electron chi connectivity index (χ4n) is 6.41. The average molecular weight is 607 g/mol. The van der Waals surface area contributed by atoms with Crippen LogP contribution >= 0.6 is 11.3 Å². The van der Waals surface area contributed by atoms with Gasteiger partial charge in [-0.25, -0.2) is 0 Å².